The molecule has 4 rings (SSSR count). The number of thiophene rings is 1. The summed E-state index contributed by atoms with van der Waals surface area (Å²) in [4.78, 5) is 19.2. The van der Waals surface area contributed by atoms with Crippen LogP contribution in [0.5, 0.6) is 0 Å². The van der Waals surface area contributed by atoms with Crippen molar-refractivity contribution in [2.75, 3.05) is 0 Å². The van der Waals surface area contributed by atoms with E-state index in [1.807, 2.05) is 11.4 Å². The predicted octanol–water partition coefficient (Wildman–Crippen LogP) is 3.00. The van der Waals surface area contributed by atoms with Gasteiger partial charge in [-0.05, 0) is 23.6 Å². The zero-order valence-corrected chi connectivity index (χ0v) is 13.8. The van der Waals surface area contributed by atoms with Crippen molar-refractivity contribution in [2.45, 2.75) is 10.9 Å². The number of nitrogens with one attached hydrogen (secondary N) is 1. The fourth-order valence-electron chi connectivity index (χ4n) is 2.26. The van der Waals surface area contributed by atoms with Gasteiger partial charge in [-0.3, -0.25) is 9.36 Å². The lowest BCUT2D eigenvalue weighted by molar-refractivity contribution is 0.613. The van der Waals surface area contributed by atoms with Crippen LogP contribution in [-0.4, -0.2) is 24.7 Å². The number of aromatic amines is 1. The van der Waals surface area contributed by atoms with Crippen LogP contribution in [0, 0.1) is 5.82 Å². The molecule has 9 heteroatoms. The Labute approximate surface area is 143 Å². The summed E-state index contributed by atoms with van der Waals surface area (Å²) in [7, 11) is 0. The molecule has 24 heavy (non-hydrogen) atoms. The Morgan fingerprint density at radius 2 is 2.17 bits per heavy atom. The van der Waals surface area contributed by atoms with Crippen molar-refractivity contribution in [3.63, 3.8) is 0 Å². The Hall–Kier alpha value is -2.52. The van der Waals surface area contributed by atoms with Crippen LogP contribution in [-0.2, 0) is 5.75 Å². The molecule has 0 saturated carbocycles. The molecular weight excluding hydrogens is 349 g/mol. The largest absolute Gasteiger partial charge is 0.309 e. The van der Waals surface area contributed by atoms with Crippen LogP contribution in [0.3, 0.4) is 0 Å². The first-order chi connectivity index (χ1) is 11.7. The standard InChI is InChI=1S/C15H10FN5OS2/c16-9-3-1-2-4-11(9)21-8-17-20-15(21)24-7-12-18-10-5-6-23-13(10)14(22)19-12/h1-6,8H,7H2,(H,18,19,22). The minimum atomic E-state index is -0.356. The summed E-state index contributed by atoms with van der Waals surface area (Å²) in [6, 6.07) is 8.22. The summed E-state index contributed by atoms with van der Waals surface area (Å²) in [6.45, 7) is 0. The van der Waals surface area contributed by atoms with Gasteiger partial charge in [0.05, 0.1) is 17.0 Å². The molecule has 0 unspecified atom stereocenters. The molecule has 6 nitrogen and oxygen atoms in total. The normalized spacial score (nSPS) is 11.2. The topological polar surface area (TPSA) is 76.5 Å². The summed E-state index contributed by atoms with van der Waals surface area (Å²) in [6.07, 6.45) is 1.46. The van der Waals surface area contributed by atoms with Crippen molar-refractivity contribution >= 4 is 33.3 Å². The maximum Gasteiger partial charge on any atom is 0.268 e. The third-order valence-electron chi connectivity index (χ3n) is 3.33. The Kier molecular flexibility index (Phi) is 3.87. The van der Waals surface area contributed by atoms with E-state index in [1.165, 1.54) is 35.5 Å². The Morgan fingerprint density at radius 1 is 1.29 bits per heavy atom. The molecular formula is C15H10FN5OS2. The van der Waals surface area contributed by atoms with Crippen LogP contribution in [0.25, 0.3) is 15.9 Å². The maximum absolute atomic E-state index is 13.9. The monoisotopic (exact) mass is 359 g/mol. The van der Waals surface area contributed by atoms with Gasteiger partial charge in [0, 0.05) is 0 Å². The van der Waals surface area contributed by atoms with Crippen LogP contribution >= 0.6 is 23.1 Å². The van der Waals surface area contributed by atoms with E-state index in [0.29, 0.717) is 32.6 Å². The second-order valence-electron chi connectivity index (χ2n) is 4.87. The van der Waals surface area contributed by atoms with Gasteiger partial charge in [0.25, 0.3) is 5.56 Å². The van der Waals surface area contributed by atoms with Gasteiger partial charge in [-0.15, -0.1) is 21.5 Å². The van der Waals surface area contributed by atoms with Gasteiger partial charge < -0.3 is 4.98 Å². The molecule has 0 amide bonds. The number of benzene rings is 1. The average molecular weight is 359 g/mol. The van der Waals surface area contributed by atoms with Crippen molar-refractivity contribution in [1.29, 1.82) is 0 Å². The van der Waals surface area contributed by atoms with E-state index in [0.717, 1.165) is 0 Å². The fourth-order valence-corrected chi connectivity index (χ4v) is 3.78. The highest BCUT2D eigenvalue weighted by atomic mass is 32.2. The third-order valence-corrected chi connectivity index (χ3v) is 5.19. The molecule has 0 atom stereocenters. The van der Waals surface area contributed by atoms with Crippen LogP contribution in [0.2, 0.25) is 0 Å². The number of hydrogen-bond acceptors (Lipinski definition) is 6. The van der Waals surface area contributed by atoms with E-state index in [1.54, 1.807) is 22.8 Å². The lowest BCUT2D eigenvalue weighted by atomic mass is 10.3. The number of para-hydroxylation sites is 1. The molecule has 0 aliphatic heterocycles. The molecule has 0 spiro atoms. The van der Waals surface area contributed by atoms with Crippen molar-refractivity contribution < 1.29 is 4.39 Å². The van der Waals surface area contributed by atoms with Gasteiger partial charge >= 0.3 is 0 Å². The summed E-state index contributed by atoms with van der Waals surface area (Å²) in [5, 5.41) is 10.2. The van der Waals surface area contributed by atoms with Crippen LogP contribution in [0.1, 0.15) is 5.82 Å². The highest BCUT2D eigenvalue weighted by molar-refractivity contribution is 7.98. The lowest BCUT2D eigenvalue weighted by Gasteiger charge is -2.07. The molecule has 4 aromatic rings. The molecule has 120 valence electrons. The van der Waals surface area contributed by atoms with Crippen LogP contribution in [0.4, 0.5) is 4.39 Å². The molecule has 1 N–H and O–H groups in total. The first-order valence-electron chi connectivity index (χ1n) is 6.96. The lowest BCUT2D eigenvalue weighted by Crippen LogP contribution is -2.09. The third kappa shape index (κ3) is 2.72. The van der Waals surface area contributed by atoms with E-state index < -0.39 is 0 Å². The highest BCUT2D eigenvalue weighted by Crippen LogP contribution is 2.24. The summed E-state index contributed by atoms with van der Waals surface area (Å²) in [5.74, 6) is 0.582. The first-order valence-corrected chi connectivity index (χ1v) is 8.83. The van der Waals surface area contributed by atoms with Crippen molar-refractivity contribution in [3.8, 4) is 5.69 Å². The Balaban J connectivity index is 1.61. The second-order valence-corrected chi connectivity index (χ2v) is 6.73. The van der Waals surface area contributed by atoms with Crippen molar-refractivity contribution in [2.24, 2.45) is 0 Å². The molecule has 3 heterocycles. The van der Waals surface area contributed by atoms with E-state index in [-0.39, 0.29) is 11.4 Å². The Bertz CT molecular complexity index is 1070. The van der Waals surface area contributed by atoms with Gasteiger partial charge in [-0.2, -0.15) is 0 Å². The van der Waals surface area contributed by atoms with Gasteiger partial charge in [-0.1, -0.05) is 23.9 Å². The Morgan fingerprint density at radius 3 is 3.04 bits per heavy atom. The van der Waals surface area contributed by atoms with Gasteiger partial charge in [0.2, 0.25) is 0 Å². The summed E-state index contributed by atoms with van der Waals surface area (Å²) < 4.78 is 16.1. The number of H-pyrrole nitrogens is 1. The molecule has 3 aromatic heterocycles. The summed E-state index contributed by atoms with van der Waals surface area (Å²) >= 11 is 2.68. The van der Waals surface area contributed by atoms with Crippen molar-refractivity contribution in [3.05, 3.63) is 64.0 Å². The number of hydrogen-bond donors (Lipinski definition) is 1. The van der Waals surface area contributed by atoms with Gasteiger partial charge in [-0.25, -0.2) is 9.37 Å². The second kappa shape index (κ2) is 6.17. The minimum absolute atomic E-state index is 0.152. The van der Waals surface area contributed by atoms with Crippen LogP contribution < -0.4 is 5.56 Å². The molecule has 0 radical (unpaired) electrons. The molecule has 0 fully saturated rings. The SMILES string of the molecule is O=c1[nH]c(CSc2nncn2-c2ccccc2F)nc2ccsc12. The smallest absolute Gasteiger partial charge is 0.268 e. The number of fused-ring (bicyclic) bond motifs is 1. The number of nitrogens with zero attached hydrogens (tertiary/aromatic N) is 4. The highest BCUT2D eigenvalue weighted by Gasteiger charge is 2.12. The maximum atomic E-state index is 13.9. The average Bonchev–Trinajstić information content (AvgIpc) is 3.22. The minimum Gasteiger partial charge on any atom is -0.309 e. The fraction of sp³-hybridized carbons (Fsp3) is 0.0667. The predicted molar refractivity (Wildman–Crippen MR) is 91.1 cm³/mol. The number of halogens is 1. The number of thioether (sulfide) groups is 1. The molecule has 0 bridgehead atoms. The molecule has 0 aliphatic carbocycles. The van der Waals surface area contributed by atoms with E-state index in [2.05, 4.69) is 20.2 Å². The van der Waals surface area contributed by atoms with Gasteiger partial charge in [0.1, 0.15) is 22.7 Å². The number of aromatic nitrogens is 5. The van der Waals surface area contributed by atoms with E-state index >= 15 is 0 Å². The zero-order valence-electron chi connectivity index (χ0n) is 12.1. The van der Waals surface area contributed by atoms with Crippen molar-refractivity contribution in [1.82, 2.24) is 24.7 Å². The summed E-state index contributed by atoms with van der Waals surface area (Å²) in [5.41, 5.74) is 0.899. The molecule has 1 aromatic carbocycles. The molecule has 0 aliphatic rings. The number of rotatable bonds is 4. The van der Waals surface area contributed by atoms with Crippen LogP contribution in [0.15, 0.2) is 52.0 Å². The molecule has 0 saturated heterocycles. The van der Waals surface area contributed by atoms with E-state index in [9.17, 15) is 9.18 Å². The zero-order chi connectivity index (χ0) is 16.5. The van der Waals surface area contributed by atoms with Gasteiger partial charge in [0.15, 0.2) is 5.16 Å². The quantitative estimate of drug-likeness (QED) is 0.567. The van der Waals surface area contributed by atoms with E-state index in [4.69, 9.17) is 0 Å². The first kappa shape index (κ1) is 15.0.